The fraction of sp³-hybridized carbons (Fsp3) is 0.538. The fourth-order valence-corrected chi connectivity index (χ4v) is 1.41. The largest absolute Gasteiger partial charge is 0.373 e. The molecule has 0 aromatic carbocycles. The molecule has 1 rings (SSSR count). The Kier molecular flexibility index (Phi) is 5.58. The predicted molar refractivity (Wildman–Crippen MR) is 73.9 cm³/mol. The van der Waals surface area contributed by atoms with Gasteiger partial charge in [0.2, 0.25) is 0 Å². The van der Waals surface area contributed by atoms with Crippen LogP contribution in [0.1, 0.15) is 24.2 Å². The Morgan fingerprint density at radius 2 is 2.22 bits per heavy atom. The first-order valence-corrected chi connectivity index (χ1v) is 6.17. The molecular weight excluding hydrogens is 228 g/mol. The molecule has 1 aromatic heterocycles. The molecular formula is C13H22N4O. The van der Waals surface area contributed by atoms with Crippen LogP contribution in [-0.2, 0) is 0 Å². The first-order valence-electron chi connectivity index (χ1n) is 6.17. The van der Waals surface area contributed by atoms with Crippen molar-refractivity contribution in [3.8, 4) is 0 Å². The summed E-state index contributed by atoms with van der Waals surface area (Å²) in [4.78, 5) is 18.1. The minimum atomic E-state index is -0.0638. The summed E-state index contributed by atoms with van der Waals surface area (Å²) < 4.78 is 0. The summed E-state index contributed by atoms with van der Waals surface area (Å²) in [6.07, 6.45) is 1.63. The third-order valence-corrected chi connectivity index (χ3v) is 2.91. The van der Waals surface area contributed by atoms with Gasteiger partial charge >= 0.3 is 0 Å². The molecule has 0 aliphatic rings. The Balaban J connectivity index is 2.45. The normalized spacial score (nSPS) is 10.8. The summed E-state index contributed by atoms with van der Waals surface area (Å²) in [5.41, 5.74) is 0.626. The molecule has 1 heterocycles. The summed E-state index contributed by atoms with van der Waals surface area (Å²) in [5.74, 6) is 0.632. The number of hydrogen-bond acceptors (Lipinski definition) is 4. The van der Waals surface area contributed by atoms with Crippen molar-refractivity contribution in [1.29, 1.82) is 0 Å². The molecule has 5 nitrogen and oxygen atoms in total. The molecule has 5 heteroatoms. The topological polar surface area (TPSA) is 57.3 Å². The first-order chi connectivity index (χ1) is 8.54. The van der Waals surface area contributed by atoms with Crippen molar-refractivity contribution in [3.63, 3.8) is 0 Å². The molecule has 2 N–H and O–H groups in total. The van der Waals surface area contributed by atoms with Gasteiger partial charge in [-0.2, -0.15) is 0 Å². The molecule has 1 aromatic rings. The van der Waals surface area contributed by atoms with Gasteiger partial charge in [0.05, 0.1) is 0 Å². The third kappa shape index (κ3) is 4.33. The number of nitrogens with one attached hydrogen (secondary N) is 2. The molecule has 0 bridgehead atoms. The van der Waals surface area contributed by atoms with Gasteiger partial charge in [-0.15, -0.1) is 0 Å². The molecule has 0 aliphatic carbocycles. The molecule has 0 atom stereocenters. The monoisotopic (exact) mass is 250 g/mol. The van der Waals surface area contributed by atoms with Crippen LogP contribution < -0.4 is 10.6 Å². The Labute approximate surface area is 109 Å². The number of likely N-dealkylation sites (N-methyl/N-ethyl adjacent to an activating group) is 1. The molecule has 0 saturated carbocycles. The minimum absolute atomic E-state index is 0.0638. The van der Waals surface area contributed by atoms with Crippen LogP contribution in [0.2, 0.25) is 0 Å². The van der Waals surface area contributed by atoms with Crippen LogP contribution in [0, 0.1) is 0 Å². The van der Waals surface area contributed by atoms with Crippen LogP contribution in [0.25, 0.3) is 0 Å². The van der Waals surface area contributed by atoms with Gasteiger partial charge in [-0.05, 0) is 33.0 Å². The van der Waals surface area contributed by atoms with Crippen LogP contribution in [0.4, 0.5) is 5.82 Å². The number of hydrogen-bond donors (Lipinski definition) is 2. The van der Waals surface area contributed by atoms with E-state index in [1.165, 1.54) is 0 Å². The van der Waals surface area contributed by atoms with Crippen LogP contribution in [0.5, 0.6) is 0 Å². The van der Waals surface area contributed by atoms with E-state index in [-0.39, 0.29) is 5.91 Å². The van der Waals surface area contributed by atoms with E-state index < -0.39 is 0 Å². The van der Waals surface area contributed by atoms with Crippen LogP contribution >= 0.6 is 0 Å². The minimum Gasteiger partial charge on any atom is -0.373 e. The number of nitrogens with zero attached hydrogens (tertiary/aromatic N) is 2. The molecule has 0 aliphatic heterocycles. The molecule has 0 radical (unpaired) electrons. The lowest BCUT2D eigenvalue weighted by Gasteiger charge is -2.20. The van der Waals surface area contributed by atoms with Crippen LogP contribution in [0.15, 0.2) is 18.3 Å². The lowest BCUT2D eigenvalue weighted by molar-refractivity contribution is 0.0948. The number of pyridine rings is 1. The van der Waals surface area contributed by atoms with Gasteiger partial charge in [0.1, 0.15) is 5.82 Å². The number of carbonyl (C=O) groups is 1. The van der Waals surface area contributed by atoms with Crippen molar-refractivity contribution >= 4 is 11.7 Å². The van der Waals surface area contributed by atoms with E-state index in [1.807, 2.05) is 7.05 Å². The lowest BCUT2D eigenvalue weighted by atomic mass is 10.2. The second-order valence-corrected chi connectivity index (χ2v) is 4.51. The number of amides is 1. The molecule has 18 heavy (non-hydrogen) atoms. The first kappa shape index (κ1) is 14.4. The average molecular weight is 250 g/mol. The predicted octanol–water partition coefficient (Wildman–Crippen LogP) is 1.19. The van der Waals surface area contributed by atoms with Gasteiger partial charge in [0.25, 0.3) is 5.91 Å². The number of aromatic nitrogens is 1. The maximum Gasteiger partial charge on any atom is 0.251 e. The van der Waals surface area contributed by atoms with Crippen LogP contribution in [-0.4, -0.2) is 49.0 Å². The zero-order chi connectivity index (χ0) is 13.5. The third-order valence-electron chi connectivity index (χ3n) is 2.91. The Hall–Kier alpha value is -1.62. The van der Waals surface area contributed by atoms with Gasteiger partial charge in [0, 0.05) is 37.9 Å². The van der Waals surface area contributed by atoms with E-state index in [1.54, 1.807) is 25.4 Å². The highest BCUT2D eigenvalue weighted by Crippen LogP contribution is 2.05. The van der Waals surface area contributed by atoms with E-state index in [0.29, 0.717) is 24.0 Å². The van der Waals surface area contributed by atoms with E-state index in [9.17, 15) is 4.79 Å². The highest BCUT2D eigenvalue weighted by Gasteiger charge is 2.07. The van der Waals surface area contributed by atoms with Crippen molar-refractivity contribution in [3.05, 3.63) is 23.9 Å². The SMILES string of the molecule is CNc1cc(C(=O)NCCN(C)C(C)C)ccn1. The maximum absolute atomic E-state index is 11.9. The second kappa shape index (κ2) is 6.96. The standard InChI is InChI=1S/C13H22N4O/c1-10(2)17(4)8-7-16-13(18)11-5-6-15-12(9-11)14-3/h5-6,9-10H,7-8H2,1-4H3,(H,14,15)(H,16,18). The van der Waals surface area contributed by atoms with Crippen molar-refractivity contribution in [2.45, 2.75) is 19.9 Å². The summed E-state index contributed by atoms with van der Waals surface area (Å²) in [5, 5.41) is 5.81. The summed E-state index contributed by atoms with van der Waals surface area (Å²) in [7, 11) is 3.82. The van der Waals surface area contributed by atoms with Crippen molar-refractivity contribution in [1.82, 2.24) is 15.2 Å². The number of anilines is 1. The lowest BCUT2D eigenvalue weighted by Crippen LogP contribution is -2.36. The molecule has 0 fully saturated rings. The average Bonchev–Trinajstić information content (AvgIpc) is 2.38. The molecule has 0 spiro atoms. The zero-order valence-corrected chi connectivity index (χ0v) is 11.5. The summed E-state index contributed by atoms with van der Waals surface area (Å²) in [6.45, 7) is 5.74. The smallest absolute Gasteiger partial charge is 0.251 e. The van der Waals surface area contributed by atoms with Gasteiger partial charge in [-0.25, -0.2) is 4.98 Å². The molecule has 1 amide bonds. The zero-order valence-electron chi connectivity index (χ0n) is 11.5. The molecule has 100 valence electrons. The molecule has 0 saturated heterocycles. The Bertz CT molecular complexity index is 392. The maximum atomic E-state index is 11.9. The van der Waals surface area contributed by atoms with E-state index in [4.69, 9.17) is 0 Å². The summed E-state index contributed by atoms with van der Waals surface area (Å²) >= 11 is 0. The van der Waals surface area contributed by atoms with Gasteiger partial charge in [-0.3, -0.25) is 4.79 Å². The Morgan fingerprint density at radius 1 is 1.50 bits per heavy atom. The van der Waals surface area contributed by atoms with Crippen molar-refractivity contribution in [2.24, 2.45) is 0 Å². The highest BCUT2D eigenvalue weighted by molar-refractivity contribution is 5.94. The van der Waals surface area contributed by atoms with E-state index in [0.717, 1.165) is 6.54 Å². The van der Waals surface area contributed by atoms with Gasteiger partial charge in [-0.1, -0.05) is 0 Å². The van der Waals surface area contributed by atoms with Gasteiger partial charge < -0.3 is 15.5 Å². The number of rotatable bonds is 6. The second-order valence-electron chi connectivity index (χ2n) is 4.51. The quantitative estimate of drug-likeness (QED) is 0.796. The van der Waals surface area contributed by atoms with Crippen molar-refractivity contribution < 1.29 is 4.79 Å². The van der Waals surface area contributed by atoms with Crippen molar-refractivity contribution in [2.75, 3.05) is 32.5 Å². The number of carbonyl (C=O) groups excluding carboxylic acids is 1. The fourth-order valence-electron chi connectivity index (χ4n) is 1.41. The highest BCUT2D eigenvalue weighted by atomic mass is 16.1. The van der Waals surface area contributed by atoms with Crippen LogP contribution in [0.3, 0.4) is 0 Å². The van der Waals surface area contributed by atoms with Gasteiger partial charge in [0.15, 0.2) is 0 Å². The Morgan fingerprint density at radius 3 is 2.83 bits per heavy atom. The van der Waals surface area contributed by atoms with E-state index in [2.05, 4.69) is 34.4 Å². The summed E-state index contributed by atoms with van der Waals surface area (Å²) in [6, 6.07) is 3.93. The van der Waals surface area contributed by atoms with E-state index >= 15 is 0 Å². The molecule has 0 unspecified atom stereocenters.